The van der Waals surface area contributed by atoms with Crippen LogP contribution in [0.4, 0.5) is 17.7 Å². The van der Waals surface area contributed by atoms with E-state index in [0.717, 1.165) is 0 Å². The number of hydrogen-bond donors (Lipinski definition) is 1. The number of alkyl halides is 3. The van der Waals surface area contributed by atoms with Gasteiger partial charge in [0.1, 0.15) is 0 Å². The van der Waals surface area contributed by atoms with Crippen LogP contribution in [0, 0.1) is 0 Å². The van der Waals surface area contributed by atoms with Crippen LogP contribution in [-0.2, 0) is 0 Å². The van der Waals surface area contributed by atoms with Gasteiger partial charge in [-0.15, -0.1) is 0 Å². The van der Waals surface area contributed by atoms with Crippen LogP contribution in [0.3, 0.4) is 0 Å². The van der Waals surface area contributed by atoms with Crippen molar-refractivity contribution in [2.45, 2.75) is 6.30 Å². The smallest absolute Gasteiger partial charge is 0.278 e. The summed E-state index contributed by atoms with van der Waals surface area (Å²) in [5.41, 5.74) is 0. The quantitative estimate of drug-likeness (QED) is 0.223. The average molecular weight is 119 g/mol. The van der Waals surface area contributed by atoms with E-state index >= 15 is 0 Å². The molecule has 0 aromatic rings. The first-order valence-electron chi connectivity index (χ1n) is 1.16. The van der Waals surface area contributed by atoms with Crippen molar-refractivity contribution in [1.29, 1.82) is 0 Å². The van der Waals surface area contributed by atoms with Crippen LogP contribution in [0.15, 0.2) is 0 Å². The van der Waals surface area contributed by atoms with Gasteiger partial charge < -0.3 is 0 Å². The highest BCUT2D eigenvalue weighted by atomic mass is 19.4. The molecule has 0 rings (SSSR count). The van der Waals surface area contributed by atoms with Gasteiger partial charge in [-0.2, -0.15) is 13.2 Å². The van der Waals surface area contributed by atoms with Crippen LogP contribution in [-0.4, -0.2) is 16.8 Å². The Morgan fingerprint density at radius 2 is 1.43 bits per heavy atom. The molecule has 2 nitrogen and oxygen atoms in total. The van der Waals surface area contributed by atoms with Gasteiger partial charge in [-0.05, 0) is 0 Å². The number of halogens is 4. The van der Waals surface area contributed by atoms with Crippen molar-refractivity contribution in [3.8, 4) is 0 Å². The van der Waals surface area contributed by atoms with E-state index in [1.165, 1.54) is 0 Å². The highest BCUT2D eigenvalue weighted by molar-refractivity contribution is 4.25. The molecule has 0 heterocycles. The van der Waals surface area contributed by atoms with Crippen molar-refractivity contribution in [1.82, 2.24) is 5.29 Å². The SMILES string of the molecule is ON(F)C(F)(F)F. The van der Waals surface area contributed by atoms with E-state index in [9.17, 15) is 17.7 Å². The molecule has 0 atom stereocenters. The zero-order valence-corrected chi connectivity index (χ0v) is 2.91. The molecule has 44 valence electrons. The van der Waals surface area contributed by atoms with E-state index in [0.29, 0.717) is 0 Å². The highest BCUT2D eigenvalue weighted by Crippen LogP contribution is 2.17. The summed E-state index contributed by atoms with van der Waals surface area (Å²) < 4.78 is 41.9. The molecule has 0 spiro atoms. The normalized spacial score (nSPS) is 12.9. The third kappa shape index (κ3) is 2.35. The molecular formula is CHF4NO. The molecule has 0 amide bonds. The molecule has 0 aromatic carbocycles. The summed E-state index contributed by atoms with van der Waals surface area (Å²) in [5, 5.41) is 4.62. The molecule has 0 aliphatic heterocycles. The summed E-state index contributed by atoms with van der Waals surface area (Å²) in [6.45, 7) is 0. The average Bonchev–Trinajstić information content (AvgIpc) is 1.31. The lowest BCUT2D eigenvalue weighted by Gasteiger charge is -2.04. The van der Waals surface area contributed by atoms with Crippen molar-refractivity contribution >= 4 is 0 Å². The highest BCUT2D eigenvalue weighted by Gasteiger charge is 2.37. The van der Waals surface area contributed by atoms with Crippen molar-refractivity contribution in [2.24, 2.45) is 0 Å². The molecule has 0 bridgehead atoms. The lowest BCUT2D eigenvalue weighted by atomic mass is 11.2. The van der Waals surface area contributed by atoms with Crippen LogP contribution in [0.2, 0.25) is 0 Å². The predicted octanol–water partition coefficient (Wildman–Crippen LogP) is 1.08. The second-order valence-electron chi connectivity index (χ2n) is 0.728. The molecular weight excluding hydrogens is 118 g/mol. The van der Waals surface area contributed by atoms with Crippen LogP contribution in [0.5, 0.6) is 0 Å². The molecule has 0 aromatic heterocycles. The largest absolute Gasteiger partial charge is 0.511 e. The van der Waals surface area contributed by atoms with E-state index < -0.39 is 11.6 Å². The maximum atomic E-state index is 10.5. The molecule has 0 saturated carbocycles. The Morgan fingerprint density at radius 1 is 1.29 bits per heavy atom. The molecule has 0 fully saturated rings. The minimum absolute atomic E-state index is 2.31. The lowest BCUT2D eigenvalue weighted by molar-refractivity contribution is -0.430. The Balaban J connectivity index is 3.54. The third-order valence-corrected chi connectivity index (χ3v) is 0.209. The summed E-state index contributed by atoms with van der Waals surface area (Å²) in [6, 6.07) is 0. The topological polar surface area (TPSA) is 23.5 Å². The van der Waals surface area contributed by atoms with Gasteiger partial charge >= 0.3 is 6.30 Å². The first-order chi connectivity index (χ1) is 2.94. The third-order valence-electron chi connectivity index (χ3n) is 0.209. The summed E-state index contributed by atoms with van der Waals surface area (Å²) >= 11 is 0. The molecule has 0 aliphatic carbocycles. The Kier molecular flexibility index (Phi) is 1.54. The minimum atomic E-state index is -5.28. The number of rotatable bonds is 0. The van der Waals surface area contributed by atoms with E-state index in [4.69, 9.17) is 5.21 Å². The van der Waals surface area contributed by atoms with Gasteiger partial charge in [-0.3, -0.25) is 5.21 Å². The molecule has 0 aliphatic rings. The standard InChI is InChI=1S/CHF4NO/c2-1(3,4)6(5)7/h7H. The van der Waals surface area contributed by atoms with E-state index in [-0.39, 0.29) is 0 Å². The predicted molar refractivity (Wildman–Crippen MR) is 10.8 cm³/mol. The van der Waals surface area contributed by atoms with E-state index in [1.54, 1.807) is 0 Å². The summed E-state index contributed by atoms with van der Waals surface area (Å²) in [7, 11) is 0. The number of hydrogen-bond acceptors (Lipinski definition) is 2. The number of nitrogens with zero attached hydrogens (tertiary/aromatic N) is 1. The van der Waals surface area contributed by atoms with Crippen molar-refractivity contribution < 1.29 is 22.9 Å². The van der Waals surface area contributed by atoms with E-state index in [2.05, 4.69) is 0 Å². The summed E-state index contributed by atoms with van der Waals surface area (Å²) in [5.74, 6) is 0. The summed E-state index contributed by atoms with van der Waals surface area (Å²) in [6.07, 6.45) is -5.28. The van der Waals surface area contributed by atoms with Crippen LogP contribution in [0.25, 0.3) is 0 Å². The van der Waals surface area contributed by atoms with Crippen LogP contribution in [0.1, 0.15) is 0 Å². The van der Waals surface area contributed by atoms with Gasteiger partial charge in [-0.1, -0.05) is 4.48 Å². The van der Waals surface area contributed by atoms with Crippen LogP contribution >= 0.6 is 0 Å². The van der Waals surface area contributed by atoms with Gasteiger partial charge in [0.2, 0.25) is 0 Å². The molecule has 7 heavy (non-hydrogen) atoms. The Labute approximate surface area is 35.8 Å². The Hall–Kier alpha value is -0.360. The minimum Gasteiger partial charge on any atom is -0.278 e. The lowest BCUT2D eigenvalue weighted by Crippen LogP contribution is -2.26. The van der Waals surface area contributed by atoms with E-state index in [1.807, 2.05) is 0 Å². The van der Waals surface area contributed by atoms with Crippen molar-refractivity contribution in [2.75, 3.05) is 0 Å². The molecule has 0 radical (unpaired) electrons. The first kappa shape index (κ1) is 6.64. The number of hydroxylamine groups is 1. The summed E-state index contributed by atoms with van der Waals surface area (Å²) in [4.78, 5) is 0. The van der Waals surface area contributed by atoms with Gasteiger partial charge in [0.05, 0.1) is 5.29 Å². The molecule has 1 N–H and O–H groups in total. The van der Waals surface area contributed by atoms with Gasteiger partial charge in [0.25, 0.3) is 0 Å². The van der Waals surface area contributed by atoms with Crippen LogP contribution < -0.4 is 0 Å². The van der Waals surface area contributed by atoms with Gasteiger partial charge in [0, 0.05) is 0 Å². The van der Waals surface area contributed by atoms with Crippen molar-refractivity contribution in [3.05, 3.63) is 0 Å². The Bertz CT molecular complexity index is 57.2. The monoisotopic (exact) mass is 119 g/mol. The zero-order valence-electron chi connectivity index (χ0n) is 2.91. The fraction of sp³-hybridized carbons (Fsp3) is 1.00. The zero-order chi connectivity index (χ0) is 6.08. The molecule has 6 heteroatoms. The van der Waals surface area contributed by atoms with Gasteiger partial charge in [-0.25, -0.2) is 0 Å². The van der Waals surface area contributed by atoms with Gasteiger partial charge in [0.15, 0.2) is 0 Å². The second-order valence-corrected chi connectivity index (χ2v) is 0.728. The van der Waals surface area contributed by atoms with Crippen molar-refractivity contribution in [3.63, 3.8) is 0 Å². The fourth-order valence-corrected chi connectivity index (χ4v) is 0. The first-order valence-corrected chi connectivity index (χ1v) is 1.16. The molecule has 0 saturated heterocycles. The maximum absolute atomic E-state index is 10.5. The fourth-order valence-electron chi connectivity index (χ4n) is 0. The Morgan fingerprint density at radius 3 is 1.43 bits per heavy atom. The maximum Gasteiger partial charge on any atom is 0.511 e. The second kappa shape index (κ2) is 1.63. The molecule has 0 unspecified atom stereocenters.